The molecule has 3 rings (SSSR count). The fourth-order valence-electron chi connectivity index (χ4n) is 2.66. The first-order chi connectivity index (χ1) is 16.8. The van der Waals surface area contributed by atoms with Gasteiger partial charge in [-0.05, 0) is 43.5 Å². The van der Waals surface area contributed by atoms with Gasteiger partial charge in [0.15, 0.2) is 0 Å². The Bertz CT molecular complexity index is 1050. The van der Waals surface area contributed by atoms with E-state index < -0.39 is 14.8 Å². The Kier molecular flexibility index (Phi) is 13.5. The molecule has 0 radical (unpaired) electrons. The molecule has 0 unspecified atom stereocenters. The van der Waals surface area contributed by atoms with E-state index in [2.05, 4.69) is 0 Å². The molecule has 3 aromatic rings. The number of ether oxygens (including phenoxy) is 2. The van der Waals surface area contributed by atoms with Crippen LogP contribution in [-0.4, -0.2) is 28.0 Å². The van der Waals surface area contributed by atoms with Gasteiger partial charge in [0, 0.05) is 36.4 Å². The van der Waals surface area contributed by atoms with Gasteiger partial charge in [-0.3, -0.25) is 30.3 Å². The van der Waals surface area contributed by atoms with Crippen LogP contribution in [0.5, 0.6) is 17.2 Å². The van der Waals surface area contributed by atoms with E-state index in [0.717, 1.165) is 31.4 Å². The summed E-state index contributed by atoms with van der Waals surface area (Å²) in [6.45, 7) is 1.05. The second-order valence-electron chi connectivity index (χ2n) is 7.01. The van der Waals surface area contributed by atoms with Crippen molar-refractivity contribution in [2.45, 2.75) is 19.3 Å². The second kappa shape index (κ2) is 16.0. The molecule has 0 bridgehead atoms. The van der Waals surface area contributed by atoms with Crippen molar-refractivity contribution >= 4 is 17.1 Å². The summed E-state index contributed by atoms with van der Waals surface area (Å²) in [6, 6.07) is 16.7. The molecule has 13 heteroatoms. The molecule has 0 aliphatic heterocycles. The van der Waals surface area contributed by atoms with Crippen LogP contribution in [0.2, 0.25) is 0 Å². The summed E-state index contributed by atoms with van der Waals surface area (Å²) in [7, 11) is 0. The third-order valence-electron chi connectivity index (χ3n) is 4.47. The normalized spacial score (nSPS) is 9.67. The van der Waals surface area contributed by atoms with Crippen molar-refractivity contribution in [2.75, 3.05) is 13.2 Å². The van der Waals surface area contributed by atoms with E-state index in [-0.39, 0.29) is 52.4 Å². The van der Waals surface area contributed by atoms with E-state index in [0.29, 0.717) is 24.7 Å². The molecule has 36 heavy (non-hydrogen) atoms. The van der Waals surface area contributed by atoms with Gasteiger partial charge in [0.2, 0.25) is 0 Å². The first-order valence-corrected chi connectivity index (χ1v) is 10.4. The summed E-state index contributed by atoms with van der Waals surface area (Å²) in [5.74, 6) is 0.992. The zero-order chi connectivity index (χ0) is 25.6. The SMILES string of the molecule is O=[N+]([O-])c1ccc(OCCCCCOc2ccc([N+](=O)[O-])cc2)cc1.O=[N+]([O-])c1ccc([O-])cc1.[Na+]. The summed E-state index contributed by atoms with van der Waals surface area (Å²) in [4.78, 5) is 29.7. The van der Waals surface area contributed by atoms with E-state index in [1.807, 2.05) is 0 Å². The molecule has 0 N–H and O–H groups in total. The standard InChI is InChI=1S/C17H18N2O6.C6H5NO3.Na/c20-18(21)14-4-8-16(9-5-14)24-12-2-1-3-13-25-17-10-6-15(7-11-17)19(22)23;8-6-3-1-5(2-4-6)7(9)10;/h4-11H,1-3,12-13H2;1-4,8H;/q;;+1/p-1. The Labute approximate surface area is 228 Å². The minimum absolute atomic E-state index is 0. The Morgan fingerprint density at radius 1 is 0.528 bits per heavy atom. The number of nitro benzene ring substituents is 3. The maximum absolute atomic E-state index is 10.5. The smallest absolute Gasteiger partial charge is 0.872 e. The van der Waals surface area contributed by atoms with Crippen molar-refractivity contribution in [1.82, 2.24) is 0 Å². The zero-order valence-electron chi connectivity index (χ0n) is 19.5. The summed E-state index contributed by atoms with van der Waals surface area (Å²) in [5, 5.41) is 41.5. The number of benzene rings is 3. The average molecular weight is 507 g/mol. The van der Waals surface area contributed by atoms with Crippen LogP contribution in [0.4, 0.5) is 17.1 Å². The monoisotopic (exact) mass is 507 g/mol. The third-order valence-corrected chi connectivity index (χ3v) is 4.47. The topological polar surface area (TPSA) is 171 Å². The van der Waals surface area contributed by atoms with E-state index in [1.54, 1.807) is 24.3 Å². The molecule has 0 fully saturated rings. The van der Waals surface area contributed by atoms with Crippen LogP contribution in [0.15, 0.2) is 72.8 Å². The van der Waals surface area contributed by atoms with E-state index in [4.69, 9.17) is 9.47 Å². The first-order valence-electron chi connectivity index (χ1n) is 10.4. The van der Waals surface area contributed by atoms with Gasteiger partial charge >= 0.3 is 29.6 Å². The molecule has 0 saturated heterocycles. The quantitative estimate of drug-likeness (QED) is 0.162. The van der Waals surface area contributed by atoms with E-state index >= 15 is 0 Å². The predicted octanol–water partition coefficient (Wildman–Crippen LogP) is 1.80. The van der Waals surface area contributed by atoms with Gasteiger partial charge in [0.25, 0.3) is 17.1 Å². The molecule has 0 amide bonds. The summed E-state index contributed by atoms with van der Waals surface area (Å²) < 4.78 is 11.0. The number of unbranched alkanes of at least 4 members (excludes halogenated alkanes) is 2. The zero-order valence-corrected chi connectivity index (χ0v) is 21.5. The third kappa shape index (κ3) is 11.1. The van der Waals surface area contributed by atoms with E-state index in [9.17, 15) is 35.4 Å². The van der Waals surface area contributed by atoms with Crippen molar-refractivity contribution in [3.05, 3.63) is 103 Å². The average Bonchev–Trinajstić information content (AvgIpc) is 2.84. The van der Waals surface area contributed by atoms with Crippen LogP contribution >= 0.6 is 0 Å². The fourth-order valence-corrected chi connectivity index (χ4v) is 2.66. The largest absolute Gasteiger partial charge is 1.00 e. The van der Waals surface area contributed by atoms with Crippen molar-refractivity contribution < 1.29 is 58.9 Å². The molecular weight excluding hydrogens is 485 g/mol. The number of hydrogen-bond donors (Lipinski definition) is 0. The maximum atomic E-state index is 10.5. The van der Waals surface area contributed by atoms with Crippen LogP contribution in [0, 0.1) is 30.3 Å². The summed E-state index contributed by atoms with van der Waals surface area (Å²) in [5.41, 5.74) is 0.0195. The maximum Gasteiger partial charge on any atom is 1.00 e. The summed E-state index contributed by atoms with van der Waals surface area (Å²) >= 11 is 0. The molecule has 0 heterocycles. The van der Waals surface area contributed by atoms with Crippen molar-refractivity contribution in [2.24, 2.45) is 0 Å². The molecule has 0 aromatic heterocycles. The van der Waals surface area contributed by atoms with Gasteiger partial charge in [-0.25, -0.2) is 0 Å². The number of rotatable bonds is 11. The van der Waals surface area contributed by atoms with Gasteiger partial charge in [0.05, 0.1) is 28.0 Å². The predicted molar refractivity (Wildman–Crippen MR) is 124 cm³/mol. The molecule has 0 atom stereocenters. The van der Waals surface area contributed by atoms with Gasteiger partial charge in [-0.1, -0.05) is 12.1 Å². The molecule has 3 aromatic carbocycles. The molecule has 0 saturated carbocycles. The number of nitro groups is 3. The molecular formula is C23H22N3NaO9. The number of non-ortho nitro benzene ring substituents is 3. The molecule has 0 aliphatic rings. The molecule has 0 aliphatic carbocycles. The minimum Gasteiger partial charge on any atom is -0.872 e. The molecule has 0 spiro atoms. The first kappa shape index (κ1) is 30.3. The molecule has 184 valence electrons. The van der Waals surface area contributed by atoms with Gasteiger partial charge in [-0.15, -0.1) is 5.75 Å². The fraction of sp³-hybridized carbons (Fsp3) is 0.217. The van der Waals surface area contributed by atoms with Crippen molar-refractivity contribution in [3.63, 3.8) is 0 Å². The van der Waals surface area contributed by atoms with Gasteiger partial charge in [0.1, 0.15) is 11.5 Å². The number of hydrogen-bond acceptors (Lipinski definition) is 9. The van der Waals surface area contributed by atoms with Crippen LogP contribution in [0.3, 0.4) is 0 Å². The van der Waals surface area contributed by atoms with Gasteiger partial charge < -0.3 is 14.6 Å². The Balaban J connectivity index is 0.000000495. The van der Waals surface area contributed by atoms with Crippen molar-refractivity contribution in [1.29, 1.82) is 0 Å². The van der Waals surface area contributed by atoms with Crippen LogP contribution in [0.25, 0.3) is 0 Å². The van der Waals surface area contributed by atoms with Crippen molar-refractivity contribution in [3.8, 4) is 17.2 Å². The molecule has 12 nitrogen and oxygen atoms in total. The minimum atomic E-state index is -0.542. The van der Waals surface area contributed by atoms with Crippen LogP contribution in [0.1, 0.15) is 19.3 Å². The van der Waals surface area contributed by atoms with Crippen LogP contribution < -0.4 is 44.1 Å². The second-order valence-corrected chi connectivity index (χ2v) is 7.01. The number of nitrogens with zero attached hydrogens (tertiary/aromatic N) is 3. The van der Waals surface area contributed by atoms with E-state index in [1.165, 1.54) is 36.4 Å². The summed E-state index contributed by atoms with van der Waals surface area (Å²) in [6.07, 6.45) is 2.57. The van der Waals surface area contributed by atoms with Crippen LogP contribution in [-0.2, 0) is 0 Å². The Morgan fingerprint density at radius 3 is 1.14 bits per heavy atom. The Hall–Kier alpha value is -3.74. The van der Waals surface area contributed by atoms with Gasteiger partial charge in [-0.2, -0.15) is 0 Å². The Morgan fingerprint density at radius 2 is 0.833 bits per heavy atom.